The van der Waals surface area contributed by atoms with Gasteiger partial charge in [0.05, 0.1) is 12.7 Å². The molecule has 0 aliphatic carbocycles. The minimum Gasteiger partial charge on any atom is -0.496 e. The van der Waals surface area contributed by atoms with Crippen molar-refractivity contribution in [1.29, 1.82) is 0 Å². The Labute approximate surface area is 161 Å². The Morgan fingerprint density at radius 3 is 2.57 bits per heavy atom. The molecule has 8 nitrogen and oxygen atoms in total. The van der Waals surface area contributed by atoms with Crippen LogP contribution in [0.3, 0.4) is 0 Å². The maximum absolute atomic E-state index is 12.2. The SMILES string of the molecule is COc1ccccc1C(=O)NCC(=O)OCC(=O)c1ccc2c(c1)OCCO2. The normalized spacial score (nSPS) is 12.0. The van der Waals surface area contributed by atoms with Crippen LogP contribution in [0.5, 0.6) is 17.2 Å². The molecular weight excluding hydrogens is 366 g/mol. The first kappa shape index (κ1) is 19.2. The lowest BCUT2D eigenvalue weighted by atomic mass is 10.1. The van der Waals surface area contributed by atoms with E-state index in [9.17, 15) is 14.4 Å². The van der Waals surface area contributed by atoms with E-state index >= 15 is 0 Å². The summed E-state index contributed by atoms with van der Waals surface area (Å²) in [6.45, 7) is 0.0539. The number of nitrogens with one attached hydrogen (secondary N) is 1. The van der Waals surface area contributed by atoms with Crippen LogP contribution in [0.1, 0.15) is 20.7 Å². The van der Waals surface area contributed by atoms with Gasteiger partial charge in [0.1, 0.15) is 25.5 Å². The molecule has 0 aromatic heterocycles. The minimum absolute atomic E-state index is 0.296. The molecule has 1 amide bonds. The summed E-state index contributed by atoms with van der Waals surface area (Å²) >= 11 is 0. The maximum atomic E-state index is 12.2. The van der Waals surface area contributed by atoms with Gasteiger partial charge < -0.3 is 24.3 Å². The monoisotopic (exact) mass is 385 g/mol. The van der Waals surface area contributed by atoms with E-state index in [0.29, 0.717) is 41.6 Å². The van der Waals surface area contributed by atoms with Gasteiger partial charge in [0.15, 0.2) is 23.9 Å². The number of methoxy groups -OCH3 is 1. The number of hydrogen-bond acceptors (Lipinski definition) is 7. The number of fused-ring (bicyclic) bond motifs is 1. The van der Waals surface area contributed by atoms with Crippen molar-refractivity contribution in [2.75, 3.05) is 33.5 Å². The highest BCUT2D eigenvalue weighted by atomic mass is 16.6. The Bertz CT molecular complexity index is 894. The molecule has 146 valence electrons. The van der Waals surface area contributed by atoms with Crippen molar-refractivity contribution in [3.05, 3.63) is 53.6 Å². The third-order valence-corrected chi connectivity index (χ3v) is 3.97. The number of carbonyl (C=O) groups is 3. The van der Waals surface area contributed by atoms with Crippen molar-refractivity contribution < 1.29 is 33.3 Å². The molecule has 0 saturated carbocycles. The van der Waals surface area contributed by atoms with Gasteiger partial charge in [-0.05, 0) is 30.3 Å². The summed E-state index contributed by atoms with van der Waals surface area (Å²) < 4.78 is 20.9. The smallest absolute Gasteiger partial charge is 0.325 e. The van der Waals surface area contributed by atoms with Gasteiger partial charge in [-0.15, -0.1) is 0 Å². The molecule has 8 heteroatoms. The maximum Gasteiger partial charge on any atom is 0.325 e. The van der Waals surface area contributed by atoms with Crippen LogP contribution in [-0.2, 0) is 9.53 Å². The molecule has 1 aliphatic heterocycles. The summed E-state index contributed by atoms with van der Waals surface area (Å²) in [5.74, 6) is -0.156. The van der Waals surface area contributed by atoms with Gasteiger partial charge in [0.25, 0.3) is 5.91 Å². The van der Waals surface area contributed by atoms with E-state index in [4.69, 9.17) is 18.9 Å². The molecule has 3 rings (SSSR count). The quantitative estimate of drug-likeness (QED) is 0.571. The van der Waals surface area contributed by atoms with Crippen LogP contribution in [-0.4, -0.2) is 51.1 Å². The van der Waals surface area contributed by atoms with Crippen LogP contribution >= 0.6 is 0 Å². The number of Topliss-reactive ketones (excluding diaryl/α,β-unsaturated/α-hetero) is 1. The Kier molecular flexibility index (Phi) is 6.11. The van der Waals surface area contributed by atoms with Crippen LogP contribution in [0.25, 0.3) is 0 Å². The Morgan fingerprint density at radius 2 is 1.79 bits per heavy atom. The van der Waals surface area contributed by atoms with Crippen molar-refractivity contribution >= 4 is 17.7 Å². The summed E-state index contributed by atoms with van der Waals surface area (Å²) in [6.07, 6.45) is 0. The van der Waals surface area contributed by atoms with Crippen molar-refractivity contribution in [3.63, 3.8) is 0 Å². The van der Waals surface area contributed by atoms with Gasteiger partial charge in [-0.1, -0.05) is 12.1 Å². The zero-order chi connectivity index (χ0) is 19.9. The number of hydrogen-bond donors (Lipinski definition) is 1. The zero-order valence-corrected chi connectivity index (χ0v) is 15.2. The molecule has 0 atom stereocenters. The number of ether oxygens (including phenoxy) is 4. The number of para-hydroxylation sites is 1. The second-order valence-electron chi connectivity index (χ2n) is 5.83. The molecule has 2 aromatic carbocycles. The summed E-state index contributed by atoms with van der Waals surface area (Å²) in [4.78, 5) is 36.2. The summed E-state index contributed by atoms with van der Waals surface area (Å²) in [6, 6.07) is 11.4. The van der Waals surface area contributed by atoms with E-state index in [2.05, 4.69) is 5.32 Å². The second-order valence-corrected chi connectivity index (χ2v) is 5.83. The van der Waals surface area contributed by atoms with Crippen LogP contribution < -0.4 is 19.5 Å². The van der Waals surface area contributed by atoms with E-state index in [1.165, 1.54) is 7.11 Å². The molecule has 1 heterocycles. The number of carbonyl (C=O) groups excluding carboxylic acids is 3. The highest BCUT2D eigenvalue weighted by molar-refractivity contribution is 6.00. The third-order valence-electron chi connectivity index (χ3n) is 3.97. The van der Waals surface area contributed by atoms with Crippen LogP contribution in [0.15, 0.2) is 42.5 Å². The van der Waals surface area contributed by atoms with Crippen molar-refractivity contribution in [2.45, 2.75) is 0 Å². The van der Waals surface area contributed by atoms with Crippen molar-refractivity contribution in [1.82, 2.24) is 5.32 Å². The predicted octanol–water partition coefficient (Wildman–Crippen LogP) is 1.62. The Hall–Kier alpha value is -3.55. The fourth-order valence-electron chi connectivity index (χ4n) is 2.58. The largest absolute Gasteiger partial charge is 0.496 e. The van der Waals surface area contributed by atoms with E-state index in [-0.39, 0.29) is 12.3 Å². The van der Waals surface area contributed by atoms with Crippen LogP contribution in [0, 0.1) is 0 Å². The van der Waals surface area contributed by atoms with Crippen molar-refractivity contribution in [2.24, 2.45) is 0 Å². The van der Waals surface area contributed by atoms with Gasteiger partial charge in [-0.2, -0.15) is 0 Å². The molecule has 1 aliphatic rings. The standard InChI is InChI=1S/C20H19NO7/c1-25-16-5-3-2-4-14(16)20(24)21-11-19(23)28-12-15(22)13-6-7-17-18(10-13)27-9-8-26-17/h2-7,10H,8-9,11-12H2,1H3,(H,21,24). The molecular formula is C20H19NO7. The highest BCUT2D eigenvalue weighted by Gasteiger charge is 2.17. The molecule has 28 heavy (non-hydrogen) atoms. The van der Waals surface area contributed by atoms with Gasteiger partial charge in [-0.3, -0.25) is 14.4 Å². The number of esters is 1. The first-order valence-corrected chi connectivity index (χ1v) is 8.58. The fraction of sp³-hybridized carbons (Fsp3) is 0.250. The Balaban J connectivity index is 1.49. The molecule has 0 fully saturated rings. The van der Waals surface area contributed by atoms with Gasteiger partial charge in [-0.25, -0.2) is 0 Å². The van der Waals surface area contributed by atoms with E-state index < -0.39 is 18.5 Å². The zero-order valence-electron chi connectivity index (χ0n) is 15.2. The minimum atomic E-state index is -0.728. The van der Waals surface area contributed by atoms with E-state index in [0.717, 1.165) is 0 Å². The van der Waals surface area contributed by atoms with Crippen molar-refractivity contribution in [3.8, 4) is 17.2 Å². The second kappa shape index (κ2) is 8.90. The topological polar surface area (TPSA) is 100 Å². The number of benzene rings is 2. The lowest BCUT2D eigenvalue weighted by molar-refractivity contribution is -0.141. The molecule has 0 radical (unpaired) electrons. The number of amides is 1. The third kappa shape index (κ3) is 4.59. The average molecular weight is 385 g/mol. The first-order valence-electron chi connectivity index (χ1n) is 8.58. The number of rotatable bonds is 7. The highest BCUT2D eigenvalue weighted by Crippen LogP contribution is 2.30. The van der Waals surface area contributed by atoms with E-state index in [1.54, 1.807) is 42.5 Å². The molecule has 0 spiro atoms. The summed E-state index contributed by atoms with van der Waals surface area (Å²) in [7, 11) is 1.45. The first-order chi connectivity index (χ1) is 13.6. The lowest BCUT2D eigenvalue weighted by Crippen LogP contribution is -2.31. The van der Waals surface area contributed by atoms with Crippen LogP contribution in [0.2, 0.25) is 0 Å². The molecule has 0 bridgehead atoms. The molecule has 1 N–H and O–H groups in total. The predicted molar refractivity (Wildman–Crippen MR) is 98.0 cm³/mol. The van der Waals surface area contributed by atoms with Crippen LogP contribution in [0.4, 0.5) is 0 Å². The van der Waals surface area contributed by atoms with Gasteiger partial charge in [0, 0.05) is 5.56 Å². The molecule has 0 unspecified atom stereocenters. The molecule has 2 aromatic rings. The average Bonchev–Trinajstić information content (AvgIpc) is 2.75. The summed E-state index contributed by atoms with van der Waals surface area (Å²) in [5, 5.41) is 2.44. The Morgan fingerprint density at radius 1 is 1.04 bits per heavy atom. The van der Waals surface area contributed by atoms with Gasteiger partial charge in [0.2, 0.25) is 0 Å². The fourth-order valence-corrected chi connectivity index (χ4v) is 2.58. The summed E-state index contributed by atoms with van der Waals surface area (Å²) in [5.41, 5.74) is 0.639. The lowest BCUT2D eigenvalue weighted by Gasteiger charge is -2.18. The van der Waals surface area contributed by atoms with Gasteiger partial charge >= 0.3 is 5.97 Å². The number of ketones is 1. The molecule has 0 saturated heterocycles. The van der Waals surface area contributed by atoms with E-state index in [1.807, 2.05) is 0 Å².